The summed E-state index contributed by atoms with van der Waals surface area (Å²) in [6, 6.07) is 1.82. The van der Waals surface area contributed by atoms with E-state index >= 15 is 0 Å². The number of hydrogen-bond acceptors (Lipinski definition) is 3. The Labute approximate surface area is 106 Å². The average Bonchev–Trinajstić information content (AvgIpc) is 2.27. The van der Waals surface area contributed by atoms with E-state index in [1.54, 1.807) is 0 Å². The van der Waals surface area contributed by atoms with Gasteiger partial charge in [0.2, 0.25) is 0 Å². The minimum atomic E-state index is -3.76. The topological polar surface area (TPSA) is 43.4 Å². The summed E-state index contributed by atoms with van der Waals surface area (Å²) in [7, 11) is 3.19. The molecule has 0 bridgehead atoms. The fraction of sp³-hybridized carbons (Fsp3) is 0.500. The lowest BCUT2D eigenvalue weighted by molar-refractivity contribution is 0.401. The molecule has 0 N–H and O–H groups in total. The van der Waals surface area contributed by atoms with Gasteiger partial charge in [-0.25, -0.2) is 8.42 Å². The summed E-state index contributed by atoms with van der Waals surface area (Å²) >= 11 is 0. The second kappa shape index (κ2) is 4.50. The molecule has 0 radical (unpaired) electrons. The number of benzene rings is 1. The van der Waals surface area contributed by atoms with Crippen LogP contribution in [0.2, 0.25) is 0 Å². The van der Waals surface area contributed by atoms with Crippen molar-refractivity contribution in [1.82, 2.24) is 0 Å². The van der Waals surface area contributed by atoms with Crippen molar-refractivity contribution in [2.75, 3.05) is 7.11 Å². The minimum Gasteiger partial charge on any atom is -0.495 e. The second-order valence-corrected chi connectivity index (χ2v) is 6.82. The SMILES string of the molecule is COc1cc2c(c(C)c1S(=O)(=O)Cl)CCCC2. The van der Waals surface area contributed by atoms with Gasteiger partial charge in [0.25, 0.3) is 9.05 Å². The van der Waals surface area contributed by atoms with Crippen molar-refractivity contribution in [2.45, 2.75) is 37.5 Å². The van der Waals surface area contributed by atoms with Crippen LogP contribution in [0.15, 0.2) is 11.0 Å². The van der Waals surface area contributed by atoms with Crippen molar-refractivity contribution in [1.29, 1.82) is 0 Å². The molecule has 0 heterocycles. The van der Waals surface area contributed by atoms with Gasteiger partial charge in [0.1, 0.15) is 10.6 Å². The van der Waals surface area contributed by atoms with Crippen LogP contribution in [0, 0.1) is 6.92 Å². The van der Waals surface area contributed by atoms with E-state index in [2.05, 4.69) is 0 Å². The summed E-state index contributed by atoms with van der Waals surface area (Å²) in [5, 5.41) is 0. The zero-order valence-electron chi connectivity index (χ0n) is 9.92. The first-order valence-electron chi connectivity index (χ1n) is 5.59. The molecule has 3 nitrogen and oxygen atoms in total. The predicted molar refractivity (Wildman–Crippen MR) is 67.4 cm³/mol. The molecule has 0 spiro atoms. The number of rotatable bonds is 2. The first kappa shape index (κ1) is 12.7. The number of methoxy groups -OCH3 is 1. The molecule has 94 valence electrons. The van der Waals surface area contributed by atoms with Gasteiger partial charge >= 0.3 is 0 Å². The molecule has 17 heavy (non-hydrogen) atoms. The molecule has 1 aliphatic carbocycles. The molecule has 0 aromatic heterocycles. The lowest BCUT2D eigenvalue weighted by atomic mass is 9.88. The van der Waals surface area contributed by atoms with Crippen molar-refractivity contribution in [3.63, 3.8) is 0 Å². The Morgan fingerprint density at radius 1 is 1.29 bits per heavy atom. The Balaban J connectivity index is 2.74. The molecular formula is C12H15ClO3S. The molecular weight excluding hydrogens is 260 g/mol. The van der Waals surface area contributed by atoms with Gasteiger partial charge in [0.05, 0.1) is 7.11 Å². The minimum absolute atomic E-state index is 0.127. The zero-order valence-corrected chi connectivity index (χ0v) is 11.5. The molecule has 5 heteroatoms. The van der Waals surface area contributed by atoms with Crippen LogP contribution < -0.4 is 4.74 Å². The van der Waals surface area contributed by atoms with Gasteiger partial charge in [-0.05, 0) is 55.4 Å². The highest BCUT2D eigenvalue weighted by Gasteiger charge is 2.25. The summed E-state index contributed by atoms with van der Waals surface area (Å²) < 4.78 is 28.4. The standard InChI is InChI=1S/C12H15ClO3S/c1-8-10-6-4-3-5-9(10)7-11(16-2)12(8)17(13,14)15/h7H,3-6H2,1-2H3. The molecule has 2 rings (SSSR count). The van der Waals surface area contributed by atoms with E-state index in [0.29, 0.717) is 5.75 Å². The van der Waals surface area contributed by atoms with E-state index < -0.39 is 9.05 Å². The van der Waals surface area contributed by atoms with E-state index in [1.165, 1.54) is 12.7 Å². The van der Waals surface area contributed by atoms with Crippen molar-refractivity contribution in [2.24, 2.45) is 0 Å². The largest absolute Gasteiger partial charge is 0.495 e. The smallest absolute Gasteiger partial charge is 0.265 e. The van der Waals surface area contributed by atoms with Crippen LogP contribution >= 0.6 is 10.7 Å². The van der Waals surface area contributed by atoms with Gasteiger partial charge in [-0.3, -0.25) is 0 Å². The number of hydrogen-bond donors (Lipinski definition) is 0. The van der Waals surface area contributed by atoms with Crippen LogP contribution in [0.25, 0.3) is 0 Å². The van der Waals surface area contributed by atoms with Crippen molar-refractivity contribution in [3.8, 4) is 5.75 Å². The Morgan fingerprint density at radius 3 is 2.53 bits per heavy atom. The van der Waals surface area contributed by atoms with Gasteiger partial charge in [0.15, 0.2) is 0 Å². The van der Waals surface area contributed by atoms with Crippen molar-refractivity contribution in [3.05, 3.63) is 22.8 Å². The first-order valence-corrected chi connectivity index (χ1v) is 7.90. The third kappa shape index (κ3) is 2.29. The average molecular weight is 275 g/mol. The molecule has 0 fully saturated rings. The van der Waals surface area contributed by atoms with E-state index in [0.717, 1.165) is 36.8 Å². The maximum Gasteiger partial charge on any atom is 0.265 e. The Bertz CT molecular complexity index is 549. The van der Waals surface area contributed by atoms with Gasteiger partial charge in [-0.1, -0.05) is 0 Å². The van der Waals surface area contributed by atoms with E-state index in [4.69, 9.17) is 15.4 Å². The molecule has 0 atom stereocenters. The molecule has 0 aliphatic heterocycles. The van der Waals surface area contributed by atoms with E-state index in [1.807, 2.05) is 13.0 Å². The third-order valence-electron chi connectivity index (χ3n) is 3.30. The summed E-state index contributed by atoms with van der Waals surface area (Å²) in [4.78, 5) is 0.127. The molecule has 1 aromatic rings. The lowest BCUT2D eigenvalue weighted by Crippen LogP contribution is -2.10. The van der Waals surface area contributed by atoms with Crippen LogP contribution in [0.4, 0.5) is 0 Å². The van der Waals surface area contributed by atoms with Crippen molar-refractivity contribution < 1.29 is 13.2 Å². The zero-order chi connectivity index (χ0) is 12.6. The number of aryl methyl sites for hydroxylation is 1. The van der Waals surface area contributed by atoms with Gasteiger partial charge in [-0.2, -0.15) is 0 Å². The van der Waals surface area contributed by atoms with Crippen LogP contribution in [0.3, 0.4) is 0 Å². The van der Waals surface area contributed by atoms with Crippen LogP contribution in [0.5, 0.6) is 5.75 Å². The monoisotopic (exact) mass is 274 g/mol. The first-order chi connectivity index (χ1) is 7.95. The van der Waals surface area contributed by atoms with Crippen LogP contribution in [-0.4, -0.2) is 15.5 Å². The van der Waals surface area contributed by atoms with E-state index in [-0.39, 0.29) is 4.90 Å². The van der Waals surface area contributed by atoms with Gasteiger partial charge in [-0.15, -0.1) is 0 Å². The fourth-order valence-corrected chi connectivity index (χ4v) is 3.96. The number of ether oxygens (including phenoxy) is 1. The molecule has 1 aliphatic rings. The van der Waals surface area contributed by atoms with Gasteiger partial charge < -0.3 is 4.74 Å². The maximum atomic E-state index is 11.6. The summed E-state index contributed by atoms with van der Waals surface area (Å²) in [5.41, 5.74) is 3.06. The molecule has 0 saturated heterocycles. The number of halogens is 1. The number of fused-ring (bicyclic) bond motifs is 1. The second-order valence-electron chi connectivity index (χ2n) is 4.32. The maximum absolute atomic E-state index is 11.6. The third-order valence-corrected chi connectivity index (χ3v) is 4.75. The van der Waals surface area contributed by atoms with E-state index in [9.17, 15) is 8.42 Å². The highest BCUT2D eigenvalue weighted by molar-refractivity contribution is 8.13. The Morgan fingerprint density at radius 2 is 1.94 bits per heavy atom. The predicted octanol–water partition coefficient (Wildman–Crippen LogP) is 2.81. The Hall–Kier alpha value is -0.740. The lowest BCUT2D eigenvalue weighted by Gasteiger charge is -2.21. The highest BCUT2D eigenvalue weighted by Crippen LogP contribution is 2.37. The quantitative estimate of drug-likeness (QED) is 0.779. The molecule has 0 saturated carbocycles. The normalized spacial score (nSPS) is 15.5. The summed E-state index contributed by atoms with van der Waals surface area (Å²) in [5.74, 6) is 0.359. The van der Waals surface area contributed by atoms with Gasteiger partial charge in [0, 0.05) is 10.7 Å². The summed E-state index contributed by atoms with van der Waals surface area (Å²) in [6.07, 6.45) is 4.14. The van der Waals surface area contributed by atoms with Crippen LogP contribution in [0.1, 0.15) is 29.5 Å². The highest BCUT2D eigenvalue weighted by atomic mass is 35.7. The molecule has 0 amide bonds. The molecule has 1 aromatic carbocycles. The summed E-state index contributed by atoms with van der Waals surface area (Å²) in [6.45, 7) is 1.81. The Kier molecular flexibility index (Phi) is 3.36. The van der Waals surface area contributed by atoms with Crippen molar-refractivity contribution >= 4 is 19.7 Å². The van der Waals surface area contributed by atoms with Crippen LogP contribution in [-0.2, 0) is 21.9 Å². The molecule has 0 unspecified atom stereocenters. The fourth-order valence-electron chi connectivity index (χ4n) is 2.52.